The van der Waals surface area contributed by atoms with Crippen molar-refractivity contribution in [2.45, 2.75) is 51.2 Å². The molecule has 0 radical (unpaired) electrons. The van der Waals surface area contributed by atoms with Crippen LogP contribution in [0.3, 0.4) is 0 Å². The Labute approximate surface area is 204 Å². The number of anilines is 1. The number of likely N-dealkylation sites (tertiary alicyclic amines) is 1. The highest BCUT2D eigenvalue weighted by atomic mass is 35.5. The third kappa shape index (κ3) is 4.16. The number of benzene rings is 1. The highest BCUT2D eigenvalue weighted by Crippen LogP contribution is 2.33. The first kappa shape index (κ1) is 22.8. The minimum Gasteiger partial charge on any atom is -0.354 e. The zero-order chi connectivity index (χ0) is 23.8. The normalized spacial score (nSPS) is 20.8. The van der Waals surface area contributed by atoms with Crippen LogP contribution in [0, 0.1) is 6.92 Å². The molecule has 0 saturated carbocycles. The van der Waals surface area contributed by atoms with Gasteiger partial charge in [0.15, 0.2) is 5.65 Å². The van der Waals surface area contributed by atoms with Crippen molar-refractivity contribution in [1.82, 2.24) is 19.5 Å². The average molecular weight is 480 g/mol. The van der Waals surface area contributed by atoms with Crippen LogP contribution in [0.25, 0.3) is 5.65 Å². The number of halogens is 1. The van der Waals surface area contributed by atoms with Crippen molar-refractivity contribution in [3.63, 3.8) is 0 Å². The third-order valence-corrected chi connectivity index (χ3v) is 7.21. The summed E-state index contributed by atoms with van der Waals surface area (Å²) in [5, 5.41) is 5.38. The van der Waals surface area contributed by atoms with E-state index in [0.29, 0.717) is 17.1 Å². The molecule has 2 aliphatic heterocycles. The van der Waals surface area contributed by atoms with E-state index in [4.69, 9.17) is 27.4 Å². The number of hydrogen-bond acceptors (Lipinski definition) is 6. The maximum Gasteiger partial charge on any atom is 0.254 e. The van der Waals surface area contributed by atoms with Crippen LogP contribution in [0.2, 0.25) is 5.02 Å². The minimum atomic E-state index is -0.113. The number of carbonyl (C=O) groups excluding carboxylic acids is 1. The molecular formula is C25H30ClN7O. The fourth-order valence-corrected chi connectivity index (χ4v) is 5.32. The Kier molecular flexibility index (Phi) is 6.27. The molecule has 1 amide bonds. The number of nitrogens with zero attached hydrogens (tertiary/aromatic N) is 6. The summed E-state index contributed by atoms with van der Waals surface area (Å²) in [6.45, 7) is 8.48. The van der Waals surface area contributed by atoms with Crippen molar-refractivity contribution in [2.75, 3.05) is 24.5 Å². The minimum absolute atomic E-state index is 0.0467. The van der Waals surface area contributed by atoms with Gasteiger partial charge in [0.05, 0.1) is 17.8 Å². The molecule has 8 nitrogen and oxygen atoms in total. The van der Waals surface area contributed by atoms with E-state index < -0.39 is 0 Å². The molecule has 2 aliphatic rings. The smallest absolute Gasteiger partial charge is 0.254 e. The molecule has 0 unspecified atom stereocenters. The lowest BCUT2D eigenvalue weighted by atomic mass is 9.97. The van der Waals surface area contributed by atoms with Gasteiger partial charge in [-0.05, 0) is 57.0 Å². The Hall–Kier alpha value is -2.97. The van der Waals surface area contributed by atoms with Crippen molar-refractivity contribution >= 4 is 35.7 Å². The maximum atomic E-state index is 13.6. The number of rotatable bonds is 5. The zero-order valence-electron chi connectivity index (χ0n) is 19.5. The van der Waals surface area contributed by atoms with Gasteiger partial charge in [-0.2, -0.15) is 5.10 Å². The molecule has 2 atom stereocenters. The second-order valence-corrected chi connectivity index (χ2v) is 9.64. The van der Waals surface area contributed by atoms with Crippen molar-refractivity contribution in [3.8, 4) is 0 Å². The monoisotopic (exact) mass is 479 g/mol. The first-order valence-corrected chi connectivity index (χ1v) is 12.2. The molecule has 3 aromatic rings. The standard InChI is InChI=1S/C25H30ClN7O/c1-16-14-33-23(29-24(16)31-10-8-19(15-31)28-2)12-21(30-33)22-5-3-4-9-32(22)25(34)20-11-18(26)7-6-17(20)13-27/h6-7,11-12,14,19,22H,2-5,8-10,13,15,27H2,1H3/t19-,22-/m0/s1. The molecule has 2 N–H and O–H groups in total. The summed E-state index contributed by atoms with van der Waals surface area (Å²) in [4.78, 5) is 26.9. The van der Waals surface area contributed by atoms with Gasteiger partial charge in [0.1, 0.15) is 5.82 Å². The Bertz CT molecular complexity index is 1240. The number of fused-ring (bicyclic) bond motifs is 1. The van der Waals surface area contributed by atoms with Crippen molar-refractivity contribution in [3.05, 3.63) is 57.9 Å². The van der Waals surface area contributed by atoms with E-state index in [0.717, 1.165) is 67.1 Å². The van der Waals surface area contributed by atoms with E-state index in [9.17, 15) is 4.79 Å². The third-order valence-electron chi connectivity index (χ3n) is 6.97. The summed E-state index contributed by atoms with van der Waals surface area (Å²) in [6.07, 6.45) is 5.88. The van der Waals surface area contributed by atoms with E-state index in [2.05, 4.69) is 23.5 Å². The van der Waals surface area contributed by atoms with E-state index >= 15 is 0 Å². The fraction of sp³-hybridized carbons (Fsp3) is 0.440. The molecule has 0 spiro atoms. The summed E-state index contributed by atoms with van der Waals surface area (Å²) in [5.41, 5.74) is 9.99. The number of aliphatic imine (C=N–C) groups is 1. The SMILES string of the molecule is C=N[C@H]1CCN(c2nc3cc([C@@H]4CCCCN4C(=O)c4cc(Cl)ccc4CN)nn3cc2C)C1. The predicted octanol–water partition coefficient (Wildman–Crippen LogP) is 3.80. The lowest BCUT2D eigenvalue weighted by Crippen LogP contribution is -2.39. The van der Waals surface area contributed by atoms with Crippen molar-refractivity contribution in [2.24, 2.45) is 10.7 Å². The topological polar surface area (TPSA) is 92.1 Å². The summed E-state index contributed by atoms with van der Waals surface area (Å²) >= 11 is 6.22. The second kappa shape index (κ2) is 9.35. The Morgan fingerprint density at radius 2 is 2.12 bits per heavy atom. The van der Waals surface area contributed by atoms with E-state index in [-0.39, 0.29) is 24.5 Å². The molecule has 9 heteroatoms. The number of carbonyl (C=O) groups is 1. The van der Waals surface area contributed by atoms with Crippen LogP contribution in [0.1, 0.15) is 58.9 Å². The fourth-order valence-electron chi connectivity index (χ4n) is 5.15. The van der Waals surface area contributed by atoms with Crippen LogP contribution in [-0.2, 0) is 6.54 Å². The molecule has 1 aromatic carbocycles. The van der Waals surface area contributed by atoms with E-state index in [1.807, 2.05) is 27.7 Å². The molecule has 5 rings (SSSR count). The van der Waals surface area contributed by atoms with Gasteiger partial charge in [-0.3, -0.25) is 9.79 Å². The largest absolute Gasteiger partial charge is 0.354 e. The average Bonchev–Trinajstić information content (AvgIpc) is 3.49. The Balaban J connectivity index is 1.47. The zero-order valence-corrected chi connectivity index (χ0v) is 20.2. The van der Waals surface area contributed by atoms with Crippen LogP contribution in [0.4, 0.5) is 5.82 Å². The van der Waals surface area contributed by atoms with Gasteiger partial charge in [0.2, 0.25) is 0 Å². The van der Waals surface area contributed by atoms with Gasteiger partial charge in [-0.25, -0.2) is 9.50 Å². The second-order valence-electron chi connectivity index (χ2n) is 9.21. The Morgan fingerprint density at radius 1 is 1.26 bits per heavy atom. The molecule has 34 heavy (non-hydrogen) atoms. The van der Waals surface area contributed by atoms with E-state index in [1.54, 1.807) is 12.1 Å². The maximum absolute atomic E-state index is 13.6. The molecule has 2 aromatic heterocycles. The van der Waals surface area contributed by atoms with Crippen LogP contribution < -0.4 is 10.6 Å². The Morgan fingerprint density at radius 3 is 2.88 bits per heavy atom. The highest BCUT2D eigenvalue weighted by Gasteiger charge is 2.32. The molecule has 2 fully saturated rings. The van der Waals surface area contributed by atoms with E-state index in [1.165, 1.54) is 0 Å². The van der Waals surface area contributed by atoms with Crippen molar-refractivity contribution in [1.29, 1.82) is 0 Å². The molecule has 0 aliphatic carbocycles. The first-order chi connectivity index (χ1) is 16.5. The van der Waals surface area contributed by atoms with Gasteiger partial charge in [-0.1, -0.05) is 17.7 Å². The van der Waals surface area contributed by atoms with Gasteiger partial charge >= 0.3 is 0 Å². The predicted molar refractivity (Wildman–Crippen MR) is 135 cm³/mol. The first-order valence-electron chi connectivity index (χ1n) is 11.9. The molecule has 178 valence electrons. The van der Waals surface area contributed by atoms with Crippen LogP contribution in [0.15, 0.2) is 35.5 Å². The molecule has 4 heterocycles. The summed E-state index contributed by atoms with van der Waals surface area (Å²) in [5.74, 6) is 0.919. The number of nitrogens with two attached hydrogens (primary N) is 1. The van der Waals surface area contributed by atoms with Crippen LogP contribution >= 0.6 is 11.6 Å². The summed E-state index contributed by atoms with van der Waals surface area (Å²) in [7, 11) is 0. The van der Waals surface area contributed by atoms with Gasteiger partial charge in [0, 0.05) is 54.6 Å². The number of amides is 1. The lowest BCUT2D eigenvalue weighted by Gasteiger charge is -2.35. The van der Waals surface area contributed by atoms with Gasteiger partial charge < -0.3 is 15.5 Å². The molecule has 0 bridgehead atoms. The van der Waals surface area contributed by atoms with Gasteiger partial charge in [-0.15, -0.1) is 0 Å². The van der Waals surface area contributed by atoms with Crippen molar-refractivity contribution < 1.29 is 4.79 Å². The number of aryl methyl sites for hydroxylation is 1. The quantitative estimate of drug-likeness (QED) is 0.562. The molecular weight excluding hydrogens is 450 g/mol. The molecule has 2 saturated heterocycles. The summed E-state index contributed by atoms with van der Waals surface area (Å²) in [6, 6.07) is 7.48. The number of aromatic nitrogens is 3. The lowest BCUT2D eigenvalue weighted by molar-refractivity contribution is 0.0604. The number of hydrogen-bond donors (Lipinski definition) is 1. The highest BCUT2D eigenvalue weighted by molar-refractivity contribution is 6.31. The van der Waals surface area contributed by atoms with Crippen LogP contribution in [0.5, 0.6) is 0 Å². The number of piperidine rings is 1. The summed E-state index contributed by atoms with van der Waals surface area (Å²) < 4.78 is 1.83. The van der Waals surface area contributed by atoms with Gasteiger partial charge in [0.25, 0.3) is 5.91 Å². The van der Waals surface area contributed by atoms with Crippen LogP contribution in [-0.4, -0.2) is 57.8 Å².